The minimum absolute atomic E-state index is 0.00227. The number of rotatable bonds is 7. The molecule has 4 rings (SSSR count). The molecule has 1 fully saturated rings. The van der Waals surface area contributed by atoms with E-state index >= 15 is 0 Å². The second kappa shape index (κ2) is 10.4. The van der Waals surface area contributed by atoms with Crippen LogP contribution in [0.4, 0.5) is 11.4 Å². The lowest BCUT2D eigenvalue weighted by Crippen LogP contribution is -2.29. The minimum atomic E-state index is -0.821. The van der Waals surface area contributed by atoms with Crippen LogP contribution in [-0.2, 0) is 9.59 Å². The molecule has 1 heterocycles. The van der Waals surface area contributed by atoms with Crippen molar-refractivity contribution < 1.29 is 24.2 Å². The fraction of sp³-hybridized carbons (Fsp3) is 0.267. The molecule has 3 aromatic carbocycles. The van der Waals surface area contributed by atoms with Gasteiger partial charge in [0.2, 0.25) is 0 Å². The van der Waals surface area contributed by atoms with Gasteiger partial charge in [-0.2, -0.15) is 0 Å². The Labute approximate surface area is 217 Å². The number of ketones is 1. The maximum absolute atomic E-state index is 13.5. The van der Waals surface area contributed by atoms with Crippen LogP contribution in [-0.4, -0.2) is 45.1 Å². The molecule has 7 nitrogen and oxygen atoms in total. The van der Waals surface area contributed by atoms with Crippen molar-refractivity contribution in [2.24, 2.45) is 0 Å². The summed E-state index contributed by atoms with van der Waals surface area (Å²) < 4.78 is 10.7. The number of aliphatic hydroxyl groups excluding tert-OH is 1. The van der Waals surface area contributed by atoms with Gasteiger partial charge in [0.15, 0.2) is 0 Å². The van der Waals surface area contributed by atoms with E-state index < -0.39 is 17.7 Å². The smallest absolute Gasteiger partial charge is 0.300 e. The van der Waals surface area contributed by atoms with Gasteiger partial charge in [-0.3, -0.25) is 14.5 Å². The second-order valence-corrected chi connectivity index (χ2v) is 9.47. The molecule has 37 heavy (non-hydrogen) atoms. The van der Waals surface area contributed by atoms with Crippen LogP contribution in [0.15, 0.2) is 72.3 Å². The number of amides is 1. The third-order valence-electron chi connectivity index (χ3n) is 6.67. The number of carbonyl (C=O) groups is 2. The zero-order valence-electron chi connectivity index (χ0n) is 22.0. The van der Waals surface area contributed by atoms with E-state index in [-0.39, 0.29) is 11.3 Å². The molecule has 3 aromatic rings. The summed E-state index contributed by atoms with van der Waals surface area (Å²) in [6, 6.07) is 19.3. The van der Waals surface area contributed by atoms with Gasteiger partial charge in [-0.05, 0) is 53.4 Å². The van der Waals surface area contributed by atoms with E-state index in [0.717, 1.165) is 11.3 Å². The van der Waals surface area contributed by atoms with Crippen molar-refractivity contribution in [2.45, 2.75) is 25.8 Å². The predicted octanol–water partition coefficient (Wildman–Crippen LogP) is 5.52. The van der Waals surface area contributed by atoms with Crippen LogP contribution in [0, 0.1) is 0 Å². The maximum atomic E-state index is 13.5. The molecule has 1 amide bonds. The van der Waals surface area contributed by atoms with Crippen LogP contribution in [0.25, 0.3) is 5.76 Å². The summed E-state index contributed by atoms with van der Waals surface area (Å²) in [7, 11) is 6.86. The van der Waals surface area contributed by atoms with E-state index in [0.29, 0.717) is 34.2 Å². The third-order valence-corrected chi connectivity index (χ3v) is 6.67. The first-order valence-corrected chi connectivity index (χ1v) is 12.1. The Bertz CT molecular complexity index is 1340. The fourth-order valence-electron chi connectivity index (χ4n) is 4.53. The predicted molar refractivity (Wildman–Crippen MR) is 146 cm³/mol. The molecule has 0 saturated carbocycles. The number of anilines is 2. The Kier molecular flexibility index (Phi) is 7.25. The molecule has 1 atom stereocenters. The molecule has 0 bridgehead atoms. The first-order chi connectivity index (χ1) is 17.7. The molecule has 1 aliphatic rings. The zero-order chi connectivity index (χ0) is 26.9. The minimum Gasteiger partial charge on any atom is -0.507 e. The van der Waals surface area contributed by atoms with Crippen molar-refractivity contribution in [3.05, 3.63) is 89.0 Å². The van der Waals surface area contributed by atoms with Gasteiger partial charge in [0.1, 0.15) is 17.3 Å². The topological polar surface area (TPSA) is 79.3 Å². The van der Waals surface area contributed by atoms with Gasteiger partial charge in [0.05, 0.1) is 31.4 Å². The molecular formula is C30H32N2O5. The molecule has 7 heteroatoms. The van der Waals surface area contributed by atoms with Gasteiger partial charge < -0.3 is 19.5 Å². The summed E-state index contributed by atoms with van der Waals surface area (Å²) in [5.74, 6) is -0.580. The Balaban J connectivity index is 1.93. The molecule has 1 N–H and O–H groups in total. The van der Waals surface area contributed by atoms with E-state index in [1.165, 1.54) is 19.1 Å². The standard InChI is InChI=1S/C30H32N2O5/c1-18(2)19-7-9-20(10-8-19)27-26(28(33)24-16-15-23(36-5)17-25(24)37-6)29(34)30(35)32(27)22-13-11-21(12-14-22)31(3)4/h7-18,27,33H,1-6H3/b28-26-. The molecule has 1 unspecified atom stereocenters. The van der Waals surface area contributed by atoms with E-state index in [9.17, 15) is 14.7 Å². The molecule has 0 spiro atoms. The lowest BCUT2D eigenvalue weighted by Gasteiger charge is -2.26. The summed E-state index contributed by atoms with van der Waals surface area (Å²) in [4.78, 5) is 30.3. The Hall–Kier alpha value is -4.26. The van der Waals surface area contributed by atoms with Crippen LogP contribution in [0.5, 0.6) is 11.5 Å². The molecular weight excluding hydrogens is 468 g/mol. The maximum Gasteiger partial charge on any atom is 0.300 e. The highest BCUT2D eigenvalue weighted by Gasteiger charge is 2.47. The van der Waals surface area contributed by atoms with E-state index in [2.05, 4.69) is 13.8 Å². The average molecular weight is 501 g/mol. The van der Waals surface area contributed by atoms with Gasteiger partial charge in [-0.25, -0.2) is 0 Å². The van der Waals surface area contributed by atoms with Crippen LogP contribution in [0.3, 0.4) is 0 Å². The van der Waals surface area contributed by atoms with Crippen LogP contribution >= 0.6 is 0 Å². The van der Waals surface area contributed by atoms with Gasteiger partial charge in [0.25, 0.3) is 11.7 Å². The lowest BCUT2D eigenvalue weighted by molar-refractivity contribution is -0.132. The molecule has 1 saturated heterocycles. The van der Waals surface area contributed by atoms with Crippen molar-refractivity contribution in [3.8, 4) is 11.5 Å². The second-order valence-electron chi connectivity index (χ2n) is 9.47. The zero-order valence-corrected chi connectivity index (χ0v) is 22.0. The number of methoxy groups -OCH3 is 2. The van der Waals surface area contributed by atoms with Crippen LogP contribution in [0.1, 0.15) is 42.5 Å². The highest BCUT2D eigenvalue weighted by molar-refractivity contribution is 6.51. The summed E-state index contributed by atoms with van der Waals surface area (Å²) in [5.41, 5.74) is 3.67. The van der Waals surface area contributed by atoms with E-state index in [4.69, 9.17) is 9.47 Å². The van der Waals surface area contributed by atoms with Crippen molar-refractivity contribution in [3.63, 3.8) is 0 Å². The van der Waals surface area contributed by atoms with E-state index in [1.54, 1.807) is 18.2 Å². The fourth-order valence-corrected chi connectivity index (χ4v) is 4.53. The van der Waals surface area contributed by atoms with Gasteiger partial charge >= 0.3 is 0 Å². The number of Topliss-reactive ketones (excluding diaryl/α,β-unsaturated/α-hetero) is 1. The van der Waals surface area contributed by atoms with Gasteiger partial charge in [0, 0.05) is 31.5 Å². The number of hydrogen-bond donors (Lipinski definition) is 1. The highest BCUT2D eigenvalue weighted by atomic mass is 16.5. The summed E-state index contributed by atoms with van der Waals surface area (Å²) in [6.07, 6.45) is 0. The molecule has 192 valence electrons. The Morgan fingerprint density at radius 3 is 2.11 bits per heavy atom. The van der Waals surface area contributed by atoms with Crippen molar-refractivity contribution in [1.29, 1.82) is 0 Å². The largest absolute Gasteiger partial charge is 0.507 e. The van der Waals surface area contributed by atoms with Gasteiger partial charge in [-0.15, -0.1) is 0 Å². The third kappa shape index (κ3) is 4.77. The quantitative estimate of drug-likeness (QED) is 0.261. The van der Waals surface area contributed by atoms with E-state index in [1.807, 2.05) is 67.5 Å². The normalized spacial score (nSPS) is 16.8. The summed E-state index contributed by atoms with van der Waals surface area (Å²) >= 11 is 0. The molecule has 1 aliphatic heterocycles. The lowest BCUT2D eigenvalue weighted by atomic mass is 9.93. The SMILES string of the molecule is COc1ccc(/C(O)=C2/C(=O)C(=O)N(c3ccc(N(C)C)cc3)C2c2ccc(C(C)C)cc2)c(OC)c1. The molecule has 0 aromatic heterocycles. The first-order valence-electron chi connectivity index (χ1n) is 12.1. The monoisotopic (exact) mass is 500 g/mol. The average Bonchev–Trinajstić information content (AvgIpc) is 3.17. The Morgan fingerprint density at radius 1 is 0.919 bits per heavy atom. The molecule has 0 aliphatic carbocycles. The number of benzene rings is 3. The summed E-state index contributed by atoms with van der Waals surface area (Å²) in [5, 5.41) is 11.5. The van der Waals surface area contributed by atoms with Crippen molar-refractivity contribution in [2.75, 3.05) is 38.1 Å². The highest BCUT2D eigenvalue weighted by Crippen LogP contribution is 2.44. The molecule has 0 radical (unpaired) electrons. The van der Waals surface area contributed by atoms with Crippen molar-refractivity contribution >= 4 is 28.8 Å². The Morgan fingerprint density at radius 2 is 1.57 bits per heavy atom. The number of hydrogen-bond acceptors (Lipinski definition) is 6. The number of carbonyl (C=O) groups excluding carboxylic acids is 2. The number of ether oxygens (including phenoxy) is 2. The van der Waals surface area contributed by atoms with Crippen molar-refractivity contribution in [1.82, 2.24) is 0 Å². The van der Waals surface area contributed by atoms with Crippen LogP contribution < -0.4 is 19.3 Å². The number of aliphatic hydroxyl groups is 1. The first kappa shape index (κ1) is 25.8. The number of nitrogens with zero attached hydrogens (tertiary/aromatic N) is 2. The van der Waals surface area contributed by atoms with Gasteiger partial charge in [-0.1, -0.05) is 38.1 Å². The summed E-state index contributed by atoms with van der Waals surface area (Å²) in [6.45, 7) is 4.20. The van der Waals surface area contributed by atoms with Crippen LogP contribution in [0.2, 0.25) is 0 Å².